The Labute approximate surface area is 206 Å². The van der Waals surface area contributed by atoms with Crippen molar-refractivity contribution in [2.24, 2.45) is 0 Å². The summed E-state index contributed by atoms with van der Waals surface area (Å²) in [6, 6.07) is 16.4. The van der Waals surface area contributed by atoms with Crippen molar-refractivity contribution in [3.05, 3.63) is 82.9 Å². The highest BCUT2D eigenvalue weighted by molar-refractivity contribution is 6.34. The van der Waals surface area contributed by atoms with Crippen molar-refractivity contribution in [3.8, 4) is 45.3 Å². The van der Waals surface area contributed by atoms with Gasteiger partial charge in [0.1, 0.15) is 23.0 Å². The molecule has 6 N–H and O–H groups in total. The number of ether oxygens (including phenoxy) is 2. The predicted molar refractivity (Wildman–Crippen MR) is 136 cm³/mol. The van der Waals surface area contributed by atoms with Gasteiger partial charge in [0.2, 0.25) is 5.78 Å². The number of hydrogen-bond acceptors (Lipinski definition) is 8. The zero-order chi connectivity index (χ0) is 25.7. The zero-order valence-electron chi connectivity index (χ0n) is 19.5. The maximum atomic E-state index is 13.7. The second-order valence-corrected chi connectivity index (χ2v) is 8.34. The molecule has 0 spiro atoms. The lowest BCUT2D eigenvalue weighted by Gasteiger charge is -2.24. The van der Waals surface area contributed by atoms with Crippen LogP contribution < -0.4 is 20.9 Å². The first-order valence-electron chi connectivity index (χ1n) is 11.0. The standard InChI is InChI=1S/C28H22N2O6/c1-35-15-7-3-13(4-8-15)17-11-19(29)21-23(25(17)31)28(34)24-22(27(21)33)20(30)12-18(26(24)32)14-5-9-16(36-2)10-6-14/h3-12,31-32H,29-30H2,1-2H3. The molecule has 1 aliphatic rings. The van der Waals surface area contributed by atoms with E-state index in [0.717, 1.165) is 0 Å². The molecule has 0 aliphatic heterocycles. The van der Waals surface area contributed by atoms with Gasteiger partial charge in [-0.3, -0.25) is 9.59 Å². The average molecular weight is 482 g/mol. The van der Waals surface area contributed by atoms with E-state index >= 15 is 0 Å². The number of nitrogens with two attached hydrogens (primary N) is 2. The van der Waals surface area contributed by atoms with Gasteiger partial charge in [0.15, 0.2) is 5.78 Å². The molecule has 4 aromatic rings. The third-order valence-corrected chi connectivity index (χ3v) is 6.37. The van der Waals surface area contributed by atoms with Crippen molar-refractivity contribution < 1.29 is 29.3 Å². The number of anilines is 2. The van der Waals surface area contributed by atoms with Crippen LogP contribution in [-0.4, -0.2) is 36.0 Å². The minimum absolute atomic E-state index is 0.00994. The lowest BCUT2D eigenvalue weighted by molar-refractivity contribution is 0.0975. The van der Waals surface area contributed by atoms with Gasteiger partial charge in [-0.05, 0) is 47.5 Å². The Bertz CT molecular complexity index is 1440. The Hall–Kier alpha value is -4.98. The van der Waals surface area contributed by atoms with E-state index in [1.807, 2.05) is 0 Å². The fraction of sp³-hybridized carbons (Fsp3) is 0.0714. The molecule has 0 amide bonds. The van der Waals surface area contributed by atoms with Crippen LogP contribution in [0, 0.1) is 0 Å². The van der Waals surface area contributed by atoms with E-state index in [4.69, 9.17) is 20.9 Å². The van der Waals surface area contributed by atoms with E-state index in [2.05, 4.69) is 0 Å². The van der Waals surface area contributed by atoms with Gasteiger partial charge in [0.05, 0.1) is 36.5 Å². The lowest BCUT2D eigenvalue weighted by Crippen LogP contribution is -2.24. The fourth-order valence-electron chi connectivity index (χ4n) is 4.55. The summed E-state index contributed by atoms with van der Waals surface area (Å²) < 4.78 is 10.3. The zero-order valence-corrected chi connectivity index (χ0v) is 19.5. The fourth-order valence-corrected chi connectivity index (χ4v) is 4.55. The first kappa shape index (κ1) is 22.8. The highest BCUT2D eigenvalue weighted by atomic mass is 16.5. The molecule has 8 heteroatoms. The van der Waals surface area contributed by atoms with Crippen LogP contribution >= 0.6 is 0 Å². The number of rotatable bonds is 4. The monoisotopic (exact) mass is 482 g/mol. The Morgan fingerprint density at radius 2 is 0.917 bits per heavy atom. The number of hydrogen-bond donors (Lipinski definition) is 4. The van der Waals surface area contributed by atoms with Gasteiger partial charge in [-0.25, -0.2) is 0 Å². The molecule has 0 unspecified atom stereocenters. The third kappa shape index (κ3) is 3.31. The van der Waals surface area contributed by atoms with Crippen LogP contribution in [0.2, 0.25) is 0 Å². The molecule has 0 saturated carbocycles. The molecule has 0 saturated heterocycles. The van der Waals surface area contributed by atoms with E-state index in [0.29, 0.717) is 22.6 Å². The molecule has 0 radical (unpaired) electrons. The van der Waals surface area contributed by atoms with Crippen LogP contribution in [0.4, 0.5) is 11.4 Å². The summed E-state index contributed by atoms with van der Waals surface area (Å²) in [5.41, 5.74) is 13.3. The van der Waals surface area contributed by atoms with Crippen molar-refractivity contribution >= 4 is 22.9 Å². The highest BCUT2D eigenvalue weighted by Crippen LogP contribution is 2.47. The molecular weight excluding hydrogens is 460 g/mol. The SMILES string of the molecule is COc1ccc(-c2cc(N)c3c(c2O)C(=O)c2c(O)c(-c4ccc(OC)cc4)cc(N)c2C3=O)cc1. The van der Waals surface area contributed by atoms with Crippen molar-refractivity contribution in [1.29, 1.82) is 0 Å². The maximum Gasteiger partial charge on any atom is 0.202 e. The number of nitrogen functional groups attached to an aromatic ring is 2. The van der Waals surface area contributed by atoms with Crippen LogP contribution in [0.15, 0.2) is 60.7 Å². The van der Waals surface area contributed by atoms with E-state index < -0.39 is 23.1 Å². The largest absolute Gasteiger partial charge is 0.506 e. The minimum Gasteiger partial charge on any atom is -0.506 e. The van der Waals surface area contributed by atoms with Crippen LogP contribution in [0.5, 0.6) is 23.0 Å². The quantitative estimate of drug-likeness (QED) is 0.218. The van der Waals surface area contributed by atoms with E-state index in [-0.39, 0.29) is 44.8 Å². The number of carbonyl (C=O) groups is 2. The summed E-state index contributed by atoms with van der Waals surface area (Å²) in [6.45, 7) is 0. The van der Waals surface area contributed by atoms with Gasteiger partial charge >= 0.3 is 0 Å². The van der Waals surface area contributed by atoms with Crippen molar-refractivity contribution in [1.82, 2.24) is 0 Å². The number of fused-ring (bicyclic) bond motifs is 2. The molecule has 0 aromatic heterocycles. The third-order valence-electron chi connectivity index (χ3n) is 6.37. The molecule has 0 atom stereocenters. The molecule has 36 heavy (non-hydrogen) atoms. The molecule has 0 heterocycles. The normalized spacial score (nSPS) is 12.2. The Morgan fingerprint density at radius 1 is 0.583 bits per heavy atom. The van der Waals surface area contributed by atoms with E-state index in [1.54, 1.807) is 48.5 Å². The molecule has 0 fully saturated rings. The first-order valence-corrected chi connectivity index (χ1v) is 11.0. The van der Waals surface area contributed by atoms with Crippen LogP contribution in [-0.2, 0) is 0 Å². The topological polar surface area (TPSA) is 145 Å². The summed E-state index contributed by atoms with van der Waals surface area (Å²) in [5.74, 6) is -1.02. The Balaban J connectivity index is 1.72. The molecule has 0 bridgehead atoms. The summed E-state index contributed by atoms with van der Waals surface area (Å²) >= 11 is 0. The molecular formula is C28H22N2O6. The maximum absolute atomic E-state index is 13.7. The van der Waals surface area contributed by atoms with E-state index in [1.165, 1.54) is 26.4 Å². The second-order valence-electron chi connectivity index (χ2n) is 8.34. The lowest BCUT2D eigenvalue weighted by atomic mass is 9.78. The second kappa shape index (κ2) is 8.35. The summed E-state index contributed by atoms with van der Waals surface area (Å²) in [6.07, 6.45) is 0. The number of ketones is 2. The Morgan fingerprint density at radius 3 is 1.25 bits per heavy atom. The number of methoxy groups -OCH3 is 2. The number of aromatic hydroxyl groups is 2. The smallest absolute Gasteiger partial charge is 0.202 e. The summed E-state index contributed by atoms with van der Waals surface area (Å²) in [7, 11) is 3.06. The number of benzene rings is 4. The summed E-state index contributed by atoms with van der Waals surface area (Å²) in [4.78, 5) is 27.2. The van der Waals surface area contributed by atoms with Crippen molar-refractivity contribution in [3.63, 3.8) is 0 Å². The number of carbonyl (C=O) groups excluding carboxylic acids is 2. The molecule has 4 aromatic carbocycles. The molecule has 1 aliphatic carbocycles. The highest BCUT2D eigenvalue weighted by Gasteiger charge is 2.39. The van der Waals surface area contributed by atoms with Gasteiger partial charge in [0.25, 0.3) is 0 Å². The van der Waals surface area contributed by atoms with Crippen LogP contribution in [0.3, 0.4) is 0 Å². The minimum atomic E-state index is -0.751. The van der Waals surface area contributed by atoms with Gasteiger partial charge in [-0.15, -0.1) is 0 Å². The Kier molecular flexibility index (Phi) is 5.29. The predicted octanol–water partition coefficient (Wildman–Crippen LogP) is 4.39. The first-order chi connectivity index (χ1) is 17.3. The van der Waals surface area contributed by atoms with Crippen LogP contribution in [0.25, 0.3) is 22.3 Å². The summed E-state index contributed by atoms with van der Waals surface area (Å²) in [5, 5.41) is 22.3. The molecule has 8 nitrogen and oxygen atoms in total. The van der Waals surface area contributed by atoms with E-state index in [9.17, 15) is 19.8 Å². The molecule has 5 rings (SSSR count). The number of phenolic OH excluding ortho intramolecular Hbond substituents is 2. The van der Waals surface area contributed by atoms with Crippen molar-refractivity contribution in [2.45, 2.75) is 0 Å². The average Bonchev–Trinajstić information content (AvgIpc) is 2.89. The van der Waals surface area contributed by atoms with Gasteiger partial charge in [0, 0.05) is 22.5 Å². The van der Waals surface area contributed by atoms with Gasteiger partial charge in [-0.2, -0.15) is 0 Å². The number of phenols is 2. The van der Waals surface area contributed by atoms with Gasteiger partial charge < -0.3 is 31.2 Å². The van der Waals surface area contributed by atoms with Gasteiger partial charge in [-0.1, -0.05) is 24.3 Å². The van der Waals surface area contributed by atoms with Crippen molar-refractivity contribution in [2.75, 3.05) is 25.7 Å². The molecule has 180 valence electrons. The van der Waals surface area contributed by atoms with Crippen LogP contribution in [0.1, 0.15) is 31.8 Å².